The topological polar surface area (TPSA) is 89.5 Å². The number of anilines is 1. The quantitative estimate of drug-likeness (QED) is 0.626. The fourth-order valence-electron chi connectivity index (χ4n) is 2.16. The van der Waals surface area contributed by atoms with Crippen LogP contribution in [0.2, 0.25) is 0 Å². The molecule has 2 rings (SSSR count). The minimum absolute atomic E-state index is 0.0256. The number of nitro groups is 1. The van der Waals surface area contributed by atoms with Gasteiger partial charge in [-0.15, -0.1) is 0 Å². The van der Waals surface area contributed by atoms with Crippen molar-refractivity contribution in [1.82, 2.24) is 0 Å². The molecule has 0 aliphatic carbocycles. The average molecular weight is 235 g/mol. The Labute approximate surface area is 98.2 Å². The van der Waals surface area contributed by atoms with E-state index in [1.165, 1.54) is 12.1 Å². The van der Waals surface area contributed by atoms with Gasteiger partial charge in [0.1, 0.15) is 6.04 Å². The Kier molecular flexibility index (Phi) is 2.95. The molecule has 0 aromatic heterocycles. The average Bonchev–Trinajstić information content (AvgIpc) is 2.78. The van der Waals surface area contributed by atoms with E-state index in [2.05, 4.69) is 0 Å². The van der Waals surface area contributed by atoms with Crippen molar-refractivity contribution in [1.29, 1.82) is 0 Å². The number of rotatable bonds is 3. The number of amides is 1. The van der Waals surface area contributed by atoms with Gasteiger partial charge in [0.25, 0.3) is 5.69 Å². The predicted octanol–water partition coefficient (Wildman–Crippen LogP) is 1.05. The second kappa shape index (κ2) is 4.40. The maximum atomic E-state index is 11.3. The van der Waals surface area contributed by atoms with Gasteiger partial charge in [-0.3, -0.25) is 14.9 Å². The summed E-state index contributed by atoms with van der Waals surface area (Å²) in [5.41, 5.74) is 6.02. The number of non-ortho nitro benzene ring substituents is 1. The number of nitro benzene ring substituents is 1. The molecule has 0 saturated carbocycles. The Morgan fingerprint density at radius 3 is 2.94 bits per heavy atom. The van der Waals surface area contributed by atoms with Gasteiger partial charge in [-0.2, -0.15) is 0 Å². The molecule has 0 bridgehead atoms. The first-order valence-corrected chi connectivity index (χ1v) is 5.40. The first kappa shape index (κ1) is 11.4. The van der Waals surface area contributed by atoms with Crippen LogP contribution in [-0.4, -0.2) is 23.4 Å². The minimum Gasteiger partial charge on any atom is -0.368 e. The number of carbonyl (C=O) groups excluding carboxylic acids is 1. The molecule has 1 heterocycles. The molecule has 1 aliphatic heterocycles. The highest BCUT2D eigenvalue weighted by molar-refractivity contribution is 5.84. The van der Waals surface area contributed by atoms with Gasteiger partial charge in [0.05, 0.1) is 4.92 Å². The van der Waals surface area contributed by atoms with Gasteiger partial charge in [0, 0.05) is 24.4 Å². The summed E-state index contributed by atoms with van der Waals surface area (Å²) in [6.45, 7) is 0.703. The zero-order valence-corrected chi connectivity index (χ0v) is 9.20. The molecule has 1 saturated heterocycles. The van der Waals surface area contributed by atoms with Crippen LogP contribution in [0.15, 0.2) is 24.3 Å². The molecule has 1 aromatic carbocycles. The van der Waals surface area contributed by atoms with E-state index in [1.54, 1.807) is 12.1 Å². The first-order chi connectivity index (χ1) is 8.09. The smallest absolute Gasteiger partial charge is 0.271 e. The van der Waals surface area contributed by atoms with Crippen LogP contribution in [0, 0.1) is 10.1 Å². The van der Waals surface area contributed by atoms with Crippen molar-refractivity contribution in [3.05, 3.63) is 34.4 Å². The van der Waals surface area contributed by atoms with Gasteiger partial charge in [0.15, 0.2) is 0 Å². The molecule has 1 aromatic rings. The molecule has 6 heteroatoms. The zero-order chi connectivity index (χ0) is 12.4. The van der Waals surface area contributed by atoms with E-state index in [0.717, 1.165) is 6.42 Å². The molecule has 6 nitrogen and oxygen atoms in total. The Morgan fingerprint density at radius 1 is 1.53 bits per heavy atom. The Balaban J connectivity index is 2.30. The molecule has 90 valence electrons. The number of nitrogens with zero attached hydrogens (tertiary/aromatic N) is 2. The Bertz CT molecular complexity index is 461. The summed E-state index contributed by atoms with van der Waals surface area (Å²) in [6, 6.07) is 5.93. The van der Waals surface area contributed by atoms with Gasteiger partial charge in [-0.05, 0) is 18.9 Å². The van der Waals surface area contributed by atoms with Crippen LogP contribution in [-0.2, 0) is 4.79 Å². The van der Waals surface area contributed by atoms with Gasteiger partial charge >= 0.3 is 0 Å². The van der Waals surface area contributed by atoms with Crippen LogP contribution in [0.25, 0.3) is 0 Å². The highest BCUT2D eigenvalue weighted by Gasteiger charge is 2.29. The van der Waals surface area contributed by atoms with Crippen LogP contribution >= 0.6 is 0 Å². The molecule has 17 heavy (non-hydrogen) atoms. The monoisotopic (exact) mass is 235 g/mol. The molecule has 0 unspecified atom stereocenters. The van der Waals surface area contributed by atoms with Crippen LogP contribution in [0.3, 0.4) is 0 Å². The number of hydrogen-bond acceptors (Lipinski definition) is 4. The second-order valence-electron chi connectivity index (χ2n) is 4.03. The molecule has 2 N–H and O–H groups in total. The number of hydrogen-bond donors (Lipinski definition) is 1. The third kappa shape index (κ3) is 2.20. The van der Waals surface area contributed by atoms with Crippen molar-refractivity contribution in [3.8, 4) is 0 Å². The molecule has 1 amide bonds. The zero-order valence-electron chi connectivity index (χ0n) is 9.20. The summed E-state index contributed by atoms with van der Waals surface area (Å²) in [4.78, 5) is 23.3. The summed E-state index contributed by atoms with van der Waals surface area (Å²) < 4.78 is 0. The maximum absolute atomic E-state index is 11.3. The fraction of sp³-hybridized carbons (Fsp3) is 0.364. The van der Waals surface area contributed by atoms with Crippen molar-refractivity contribution in [2.45, 2.75) is 18.9 Å². The standard InChI is InChI=1S/C11H13N3O3/c12-11(15)10-5-2-6-13(10)8-3-1-4-9(7-8)14(16)17/h1,3-4,7,10H,2,5-6H2,(H2,12,15)/t10-/m0/s1. The minimum atomic E-state index is -0.446. The van der Waals surface area contributed by atoms with Crippen LogP contribution in [0.4, 0.5) is 11.4 Å². The van der Waals surface area contributed by atoms with Crippen LogP contribution < -0.4 is 10.6 Å². The highest BCUT2D eigenvalue weighted by Crippen LogP contribution is 2.28. The highest BCUT2D eigenvalue weighted by atomic mass is 16.6. The van der Waals surface area contributed by atoms with Gasteiger partial charge < -0.3 is 10.6 Å². The van der Waals surface area contributed by atoms with E-state index >= 15 is 0 Å². The van der Waals surface area contributed by atoms with E-state index in [4.69, 9.17) is 5.73 Å². The third-order valence-corrected chi connectivity index (χ3v) is 2.95. The summed E-state index contributed by atoms with van der Waals surface area (Å²) >= 11 is 0. The van der Waals surface area contributed by atoms with Crippen LogP contribution in [0.5, 0.6) is 0 Å². The first-order valence-electron chi connectivity index (χ1n) is 5.40. The van der Waals surface area contributed by atoms with Gasteiger partial charge in [0.2, 0.25) is 5.91 Å². The molecule has 1 fully saturated rings. The van der Waals surface area contributed by atoms with Crippen molar-refractivity contribution < 1.29 is 9.72 Å². The lowest BCUT2D eigenvalue weighted by Gasteiger charge is -2.23. The molecular formula is C11H13N3O3. The third-order valence-electron chi connectivity index (χ3n) is 2.95. The van der Waals surface area contributed by atoms with E-state index in [0.29, 0.717) is 18.7 Å². The molecule has 0 spiro atoms. The number of primary amides is 1. The number of nitrogens with two attached hydrogens (primary N) is 1. The summed E-state index contributed by atoms with van der Waals surface area (Å²) in [7, 11) is 0. The summed E-state index contributed by atoms with van der Waals surface area (Å²) in [5, 5.41) is 10.7. The second-order valence-corrected chi connectivity index (χ2v) is 4.03. The lowest BCUT2D eigenvalue weighted by Crippen LogP contribution is -2.40. The Hall–Kier alpha value is -2.11. The van der Waals surface area contributed by atoms with Crippen molar-refractivity contribution in [2.24, 2.45) is 5.73 Å². The lowest BCUT2D eigenvalue weighted by molar-refractivity contribution is -0.384. The van der Waals surface area contributed by atoms with Gasteiger partial charge in [-0.25, -0.2) is 0 Å². The number of benzene rings is 1. The SMILES string of the molecule is NC(=O)[C@@H]1CCCN1c1cccc([N+](=O)[O-])c1. The van der Waals surface area contributed by atoms with E-state index in [-0.39, 0.29) is 17.6 Å². The van der Waals surface area contributed by atoms with E-state index in [9.17, 15) is 14.9 Å². The normalized spacial score (nSPS) is 19.3. The van der Waals surface area contributed by atoms with Crippen molar-refractivity contribution in [2.75, 3.05) is 11.4 Å². The lowest BCUT2D eigenvalue weighted by atomic mass is 10.2. The van der Waals surface area contributed by atoms with E-state index in [1.807, 2.05) is 4.90 Å². The van der Waals surface area contributed by atoms with Crippen LogP contribution in [0.1, 0.15) is 12.8 Å². The van der Waals surface area contributed by atoms with E-state index < -0.39 is 4.92 Å². The van der Waals surface area contributed by atoms with Gasteiger partial charge in [-0.1, -0.05) is 6.07 Å². The van der Waals surface area contributed by atoms with Crippen molar-refractivity contribution >= 4 is 17.3 Å². The summed E-state index contributed by atoms with van der Waals surface area (Å²) in [6.07, 6.45) is 1.58. The maximum Gasteiger partial charge on any atom is 0.271 e. The fourth-order valence-corrected chi connectivity index (χ4v) is 2.16. The molecule has 1 aliphatic rings. The Morgan fingerprint density at radius 2 is 2.29 bits per heavy atom. The van der Waals surface area contributed by atoms with Crippen molar-refractivity contribution in [3.63, 3.8) is 0 Å². The number of carbonyl (C=O) groups is 1. The molecular weight excluding hydrogens is 222 g/mol. The molecule has 0 radical (unpaired) electrons. The largest absolute Gasteiger partial charge is 0.368 e. The predicted molar refractivity (Wildman–Crippen MR) is 62.7 cm³/mol. The summed E-state index contributed by atoms with van der Waals surface area (Å²) in [5.74, 6) is -0.381. The molecule has 1 atom stereocenters.